The highest BCUT2D eigenvalue weighted by Gasteiger charge is 2.13. The summed E-state index contributed by atoms with van der Waals surface area (Å²) in [6.45, 7) is 77.6. The fourth-order valence-corrected chi connectivity index (χ4v) is 11.2. The summed E-state index contributed by atoms with van der Waals surface area (Å²) in [5, 5.41) is 0. The SMILES string of the molecule is Cc1ccc[n+](C(C)C)c1.Cc1ccc[n+](C(C)C)c1.Cc1ccc[n+](C(C)C)c1.Cc1ccc[n+](C(C)C)c1.Cc1ccc[n+](C(C)C)c1.Cc1ccc[n+](C(C)C)c1.Cc1ccc[n+](C(C)C)c1.Cc1ccc[n+](C(C)C)c1.Cc1ccc[n+](C(C)C)c1.Cc1ccc[n+](C(C)C)c1.Cc1ccc[n+](C(C)C)c1.Cc1ccc[n+](C(C)C)c1.O=P([O-])([O-])F.O=P([O-])([O-])F.O=P([O-])([O-])F.O=P([O-])([O-])F.O=P([O-])([O-])F.O=P([O-])([O-])F. The van der Waals surface area contributed by atoms with Gasteiger partial charge in [-0.25, -0.2) is 80.0 Å². The average molecular weight is 2220 g/mol. The molecular formula is C108H168F6N12O18P6. The van der Waals surface area contributed by atoms with E-state index in [0.717, 1.165) is 0 Å². The van der Waals surface area contributed by atoms with Crippen molar-refractivity contribution in [3.63, 3.8) is 0 Å². The van der Waals surface area contributed by atoms with Crippen molar-refractivity contribution in [2.24, 2.45) is 0 Å². The molecular weight excluding hydrogens is 2050 g/mol. The molecule has 0 aliphatic heterocycles. The third kappa shape index (κ3) is 104. The van der Waals surface area contributed by atoms with Gasteiger partial charge in [0.15, 0.2) is 221 Å². The molecule has 0 saturated carbocycles. The van der Waals surface area contributed by atoms with E-state index >= 15 is 0 Å². The van der Waals surface area contributed by atoms with Gasteiger partial charge in [0.25, 0.3) is 0 Å². The minimum Gasteiger partial charge on any atom is -0.786 e. The first-order chi connectivity index (χ1) is 68.4. The molecule has 12 heterocycles. The summed E-state index contributed by atoms with van der Waals surface area (Å²) in [6.07, 6.45) is 51.0. The van der Waals surface area contributed by atoms with Crippen LogP contribution in [0.5, 0.6) is 0 Å². The van der Waals surface area contributed by atoms with Crippen molar-refractivity contribution >= 4 is 47.4 Å². The lowest BCUT2D eigenvalue weighted by molar-refractivity contribution is -0.716. The van der Waals surface area contributed by atoms with Crippen molar-refractivity contribution in [3.05, 3.63) is 361 Å². The van der Waals surface area contributed by atoms with E-state index < -0.39 is 47.4 Å². The quantitative estimate of drug-likeness (QED) is 0.0623. The molecule has 0 aliphatic carbocycles. The van der Waals surface area contributed by atoms with E-state index in [0.29, 0.717) is 72.5 Å². The van der Waals surface area contributed by atoms with Crippen molar-refractivity contribution in [1.82, 2.24) is 0 Å². The molecule has 0 spiro atoms. The van der Waals surface area contributed by atoms with Crippen LogP contribution in [0.25, 0.3) is 0 Å². The van der Waals surface area contributed by atoms with Gasteiger partial charge in [-0.3, -0.25) is 0 Å². The molecule has 0 fully saturated rings. The van der Waals surface area contributed by atoms with E-state index in [4.69, 9.17) is 86.1 Å². The molecule has 150 heavy (non-hydrogen) atoms. The van der Waals surface area contributed by atoms with Crippen LogP contribution < -0.4 is 114 Å². The Morgan fingerprint density at radius 2 is 0.193 bits per heavy atom. The average Bonchev–Trinajstić information content (AvgIpc) is 0.968. The summed E-state index contributed by atoms with van der Waals surface area (Å²) < 4.78 is 138. The summed E-state index contributed by atoms with van der Waals surface area (Å²) in [6, 6.07) is 57.1. The van der Waals surface area contributed by atoms with Crippen LogP contribution in [0.3, 0.4) is 0 Å². The lowest BCUT2D eigenvalue weighted by atomic mass is 10.3. The van der Waals surface area contributed by atoms with Crippen molar-refractivity contribution < 1.29 is 166 Å². The normalized spacial score (nSPS) is 10.7. The fraction of sp³-hybridized carbons (Fsp3) is 0.444. The maximum Gasteiger partial charge on any atom is 0.171 e. The molecule has 0 bridgehead atoms. The van der Waals surface area contributed by atoms with E-state index in [1.807, 2.05) is 0 Å². The van der Waals surface area contributed by atoms with Crippen LogP contribution in [0.2, 0.25) is 0 Å². The standard InChI is InChI=1S/12C9H14N.6FH2O3P/c12*1-8(2)10-6-4-5-9(3)7-10;6*1-5(2,3)4/h12*4-8H,1-3H3;6*(H2,2,3,4)/q12*+1;;;;;;/p-12. The van der Waals surface area contributed by atoms with Gasteiger partial charge < -0.3 is 86.1 Å². The topological polar surface area (TPSA) is 426 Å². The Balaban J connectivity index is -0.000000368. The fourth-order valence-electron chi connectivity index (χ4n) is 11.2. The van der Waals surface area contributed by atoms with Crippen LogP contribution in [-0.2, 0) is 27.4 Å². The van der Waals surface area contributed by atoms with Crippen LogP contribution >= 0.6 is 47.4 Å². The van der Waals surface area contributed by atoms with Gasteiger partial charge in [-0.05, 0) is 322 Å². The van der Waals surface area contributed by atoms with E-state index in [1.54, 1.807) is 0 Å². The zero-order chi connectivity index (χ0) is 118. The second-order valence-electron chi connectivity index (χ2n) is 37.7. The molecule has 12 rings (SSSR count). The third-order valence-corrected chi connectivity index (χ3v) is 18.8. The van der Waals surface area contributed by atoms with Gasteiger partial charge in [0.2, 0.25) is 0 Å². The minimum atomic E-state index is -5.64. The van der Waals surface area contributed by atoms with E-state index in [9.17, 15) is 25.2 Å². The van der Waals surface area contributed by atoms with Crippen LogP contribution in [0, 0.1) is 83.1 Å². The van der Waals surface area contributed by atoms with E-state index in [2.05, 4.69) is 598 Å². The summed E-state index contributed by atoms with van der Waals surface area (Å²) in [5.41, 5.74) is 15.8. The number of pyridine rings is 12. The van der Waals surface area contributed by atoms with Crippen LogP contribution in [0.15, 0.2) is 294 Å². The monoisotopic (exact) mass is 2220 g/mol. The first-order valence-corrected chi connectivity index (χ1v) is 57.0. The summed E-state index contributed by atoms with van der Waals surface area (Å²) >= 11 is 0. The van der Waals surface area contributed by atoms with Gasteiger partial charge in [-0.15, -0.1) is 0 Å². The number of hydrogen-bond acceptors (Lipinski definition) is 18. The van der Waals surface area contributed by atoms with E-state index in [-0.39, 0.29) is 0 Å². The summed E-state index contributed by atoms with van der Waals surface area (Å²) in [7, 11) is -33.8. The maximum atomic E-state index is 10.1. The lowest BCUT2D eigenvalue weighted by Gasteiger charge is -2.15. The molecule has 0 amide bonds. The van der Waals surface area contributed by atoms with Crippen molar-refractivity contribution in [2.45, 2.75) is 322 Å². The maximum absolute atomic E-state index is 10.1. The molecule has 840 valence electrons. The Morgan fingerprint density at radius 3 is 0.220 bits per heavy atom. The molecule has 30 nitrogen and oxygen atoms in total. The smallest absolute Gasteiger partial charge is 0.171 e. The molecule has 0 saturated heterocycles. The molecule has 0 N–H and O–H groups in total. The van der Waals surface area contributed by atoms with Crippen LogP contribution in [0.1, 0.15) is 305 Å². The lowest BCUT2D eigenvalue weighted by Crippen LogP contribution is -2.35. The number of nitrogens with zero attached hydrogens (tertiary/aromatic N) is 12. The first kappa shape index (κ1) is 151. The van der Waals surface area contributed by atoms with Crippen LogP contribution in [-0.4, -0.2) is 0 Å². The highest BCUT2D eigenvalue weighted by Crippen LogP contribution is 2.25. The number of aromatic nitrogens is 12. The largest absolute Gasteiger partial charge is 0.786 e. The highest BCUT2D eigenvalue weighted by atomic mass is 31.2. The Morgan fingerprint density at radius 1 is 0.147 bits per heavy atom. The molecule has 12 aromatic heterocycles. The molecule has 0 aliphatic rings. The third-order valence-electron chi connectivity index (χ3n) is 18.8. The Hall–Kier alpha value is -9.72. The Labute approximate surface area is 891 Å². The van der Waals surface area contributed by atoms with Crippen molar-refractivity contribution in [1.29, 1.82) is 0 Å². The number of hydrogen-bond donors (Lipinski definition) is 0. The van der Waals surface area contributed by atoms with E-state index in [1.165, 1.54) is 66.8 Å². The zero-order valence-electron chi connectivity index (χ0n) is 94.3. The Kier molecular flexibility index (Phi) is 80.6. The van der Waals surface area contributed by atoms with Crippen LogP contribution in [0.4, 0.5) is 25.2 Å². The highest BCUT2D eigenvalue weighted by molar-refractivity contribution is 7.43. The molecule has 0 aromatic carbocycles. The first-order valence-electron chi connectivity index (χ1n) is 48.4. The summed E-state index contributed by atoms with van der Waals surface area (Å²) in [5.74, 6) is 0. The van der Waals surface area contributed by atoms with Crippen molar-refractivity contribution in [2.75, 3.05) is 0 Å². The number of aryl methyl sites for hydroxylation is 12. The second-order valence-corrected chi connectivity index (χ2v) is 42.8. The second kappa shape index (κ2) is 80.2. The molecule has 0 atom stereocenters. The molecule has 0 unspecified atom stereocenters. The molecule has 0 radical (unpaired) electrons. The zero-order valence-corrected chi connectivity index (χ0v) is 99.7. The molecule has 42 heteroatoms. The minimum absolute atomic E-state index is 0.569. The van der Waals surface area contributed by atoms with Gasteiger partial charge in [-0.2, -0.15) is 0 Å². The molecule has 12 aromatic rings. The predicted molar refractivity (Wildman–Crippen MR) is 553 cm³/mol. The number of rotatable bonds is 12. The Bertz CT molecular complexity index is 4700. The summed E-state index contributed by atoms with van der Waals surface area (Å²) in [4.78, 5) is 101. The van der Waals surface area contributed by atoms with Crippen molar-refractivity contribution in [3.8, 4) is 0 Å². The number of halogens is 6. The van der Waals surface area contributed by atoms with Gasteiger partial charge in [0.05, 0.1) is 0 Å². The van der Waals surface area contributed by atoms with Gasteiger partial charge in [0.1, 0.15) is 47.4 Å². The predicted octanol–water partition coefficient (Wildman–Crippen LogP) is 15.1. The van der Waals surface area contributed by atoms with Gasteiger partial charge in [0, 0.05) is 140 Å². The van der Waals surface area contributed by atoms with Gasteiger partial charge >= 0.3 is 0 Å². The van der Waals surface area contributed by atoms with Gasteiger partial charge in [-0.1, -0.05) is 0 Å².